The molecule has 0 saturated heterocycles. The van der Waals surface area contributed by atoms with E-state index in [0.29, 0.717) is 0 Å². The molecule has 0 aliphatic carbocycles. The maximum Gasteiger partial charge on any atom is 0.270 e. The van der Waals surface area contributed by atoms with E-state index in [-0.39, 0.29) is 28.7 Å². The average Bonchev–Trinajstić information content (AvgIpc) is 3.81. The molecular weight excluding hydrogens is 670 g/mol. The number of hydrogen-bond donors (Lipinski definition) is 2. The monoisotopic (exact) mass is 721 g/mol. The van der Waals surface area contributed by atoms with Crippen molar-refractivity contribution in [3.05, 3.63) is 112 Å². The van der Waals surface area contributed by atoms with Crippen molar-refractivity contribution in [3.63, 3.8) is 0 Å². The molecule has 0 amide bonds. The molecule has 13 nitrogen and oxygen atoms in total. The van der Waals surface area contributed by atoms with Crippen molar-refractivity contribution in [1.29, 1.82) is 0 Å². The number of nitrogens with two attached hydrogens (primary N) is 1. The second kappa shape index (κ2) is 20.7. The minimum Gasteiger partial charge on any atom is -0.399 e. The minimum absolute atomic E-state index is 0. The van der Waals surface area contributed by atoms with Gasteiger partial charge in [-0.15, -0.1) is 12.4 Å². The summed E-state index contributed by atoms with van der Waals surface area (Å²) in [6, 6.07) is 21.6. The zero-order chi connectivity index (χ0) is 36.8. The summed E-state index contributed by atoms with van der Waals surface area (Å²) in [5.41, 5.74) is 10.0. The largest absolute Gasteiger partial charge is 0.399 e. The molecule has 276 valence electrons. The lowest BCUT2D eigenvalue weighted by molar-refractivity contribution is -0.384. The fraction of sp³-hybridized carbons (Fsp3) is 0.351. The van der Waals surface area contributed by atoms with Gasteiger partial charge in [0.05, 0.1) is 9.85 Å². The summed E-state index contributed by atoms with van der Waals surface area (Å²) in [6.45, 7) is 7.28. The van der Waals surface area contributed by atoms with Gasteiger partial charge in [-0.25, -0.2) is 0 Å². The van der Waals surface area contributed by atoms with Gasteiger partial charge in [0.25, 0.3) is 11.4 Å². The Balaban J connectivity index is 0.000000246. The van der Waals surface area contributed by atoms with Crippen LogP contribution in [0.25, 0.3) is 32.7 Å². The first kappa shape index (κ1) is 42.2. The van der Waals surface area contributed by atoms with Crippen molar-refractivity contribution in [2.75, 3.05) is 67.7 Å². The van der Waals surface area contributed by atoms with Crippen LogP contribution in [0.3, 0.4) is 0 Å². The summed E-state index contributed by atoms with van der Waals surface area (Å²) in [7, 11) is 12.4. The molecule has 3 N–H and O–H groups in total. The van der Waals surface area contributed by atoms with Gasteiger partial charge in [0.1, 0.15) is 0 Å². The number of benzene rings is 3. The Hall–Kier alpha value is -4.95. The van der Waals surface area contributed by atoms with Crippen molar-refractivity contribution < 1.29 is 9.85 Å². The van der Waals surface area contributed by atoms with Crippen LogP contribution in [0, 0.1) is 20.2 Å². The highest BCUT2D eigenvalue weighted by Gasteiger charge is 2.09. The molecule has 14 heteroatoms. The lowest BCUT2D eigenvalue weighted by atomic mass is 10.2. The zero-order valence-corrected chi connectivity index (χ0v) is 31.5. The molecule has 51 heavy (non-hydrogen) atoms. The van der Waals surface area contributed by atoms with Gasteiger partial charge in [0.2, 0.25) is 0 Å². The second-order valence-corrected chi connectivity index (χ2v) is 12.8. The molecule has 0 bridgehead atoms. The Morgan fingerprint density at radius 1 is 0.647 bits per heavy atom. The smallest absolute Gasteiger partial charge is 0.270 e. The number of likely N-dealkylation sites (N-methyl/N-ethyl adjacent to an activating group) is 2. The van der Waals surface area contributed by atoms with Crippen LogP contribution in [0.5, 0.6) is 0 Å². The van der Waals surface area contributed by atoms with Crippen molar-refractivity contribution in [3.8, 4) is 0 Å². The number of nitrogen functional groups attached to an aromatic ring is 1. The van der Waals surface area contributed by atoms with Crippen LogP contribution in [0.4, 0.5) is 17.1 Å². The van der Waals surface area contributed by atoms with Gasteiger partial charge in [-0.05, 0) is 104 Å². The number of nitro groups is 2. The van der Waals surface area contributed by atoms with E-state index >= 15 is 0 Å². The lowest BCUT2D eigenvalue weighted by Gasteiger charge is -2.11. The highest BCUT2D eigenvalue weighted by atomic mass is 35.5. The Morgan fingerprint density at radius 2 is 1.12 bits per heavy atom. The Bertz CT molecular complexity index is 1960. The van der Waals surface area contributed by atoms with Crippen LogP contribution in [0.1, 0.15) is 13.3 Å². The molecule has 6 rings (SSSR count). The fourth-order valence-corrected chi connectivity index (χ4v) is 5.13. The molecule has 0 unspecified atom stereocenters. The van der Waals surface area contributed by atoms with Gasteiger partial charge >= 0.3 is 0 Å². The van der Waals surface area contributed by atoms with Crippen LogP contribution in [0.15, 0.2) is 91.4 Å². The number of rotatable bonds is 10. The normalized spacial score (nSPS) is 10.7. The summed E-state index contributed by atoms with van der Waals surface area (Å²) >= 11 is 0. The van der Waals surface area contributed by atoms with Crippen molar-refractivity contribution in [1.82, 2.24) is 28.8 Å². The standard InChI is InChI=1S/C12H15N3O2.C12H17N3.C8H6N2O2.C5H13N.ClH/c1-13(2)7-8-14-6-5-10-9-11(15(16)17)3-4-12(10)14;1-14(2)7-8-15-6-5-10-9-11(13)3-4-12(10)15;11-10(12)7-1-2-8-6(5-7)3-4-9-8;1-4-5-6(2)3;/h3-6,9H,7-8H2,1-2H3;3-6,9H,7-8,13H2,1-2H3;1-5,9H;4-5H2,1-3H3;1H. The van der Waals surface area contributed by atoms with Crippen LogP contribution in [0.2, 0.25) is 0 Å². The number of aromatic nitrogens is 3. The Morgan fingerprint density at radius 3 is 1.59 bits per heavy atom. The first-order valence-electron chi connectivity index (χ1n) is 16.5. The highest BCUT2D eigenvalue weighted by Crippen LogP contribution is 2.22. The lowest BCUT2D eigenvalue weighted by Crippen LogP contribution is -2.17. The number of non-ortho nitro benzene ring substituents is 2. The molecule has 0 aliphatic rings. The third-order valence-electron chi connectivity index (χ3n) is 7.76. The number of halogens is 1. The molecule has 3 aromatic carbocycles. The number of hydrogen-bond acceptors (Lipinski definition) is 8. The molecule has 0 aliphatic heterocycles. The van der Waals surface area contributed by atoms with Gasteiger partial charge < -0.3 is 34.6 Å². The van der Waals surface area contributed by atoms with Crippen LogP contribution in [-0.4, -0.2) is 101 Å². The number of H-pyrrole nitrogens is 1. The zero-order valence-electron chi connectivity index (χ0n) is 30.7. The van der Waals surface area contributed by atoms with E-state index in [9.17, 15) is 20.2 Å². The van der Waals surface area contributed by atoms with Crippen molar-refractivity contribution in [2.45, 2.75) is 26.4 Å². The van der Waals surface area contributed by atoms with Gasteiger partial charge in [0, 0.05) is 107 Å². The number of anilines is 1. The number of fused-ring (bicyclic) bond motifs is 3. The Labute approximate surface area is 305 Å². The maximum atomic E-state index is 10.7. The van der Waals surface area contributed by atoms with E-state index in [1.165, 1.54) is 29.9 Å². The highest BCUT2D eigenvalue weighted by molar-refractivity contribution is 5.85. The van der Waals surface area contributed by atoms with E-state index in [1.54, 1.807) is 30.5 Å². The third-order valence-corrected chi connectivity index (χ3v) is 7.76. The van der Waals surface area contributed by atoms with Crippen molar-refractivity contribution >= 4 is 62.2 Å². The number of aromatic amines is 1. The summed E-state index contributed by atoms with van der Waals surface area (Å²) in [5, 5.41) is 24.0. The van der Waals surface area contributed by atoms with E-state index in [4.69, 9.17) is 5.73 Å². The molecule has 0 fully saturated rings. The number of nitro benzene ring substituents is 2. The summed E-state index contributed by atoms with van der Waals surface area (Å²) < 4.78 is 4.37. The van der Waals surface area contributed by atoms with Crippen LogP contribution in [-0.2, 0) is 13.1 Å². The van der Waals surface area contributed by atoms with E-state index in [1.807, 2.05) is 50.6 Å². The fourth-order valence-electron chi connectivity index (χ4n) is 5.13. The molecular formula is C37H52ClN9O4. The maximum absolute atomic E-state index is 10.7. The SMILES string of the molecule is CCCN(C)C.CN(C)CCn1ccc2cc(N)ccc21.CN(C)CCn1ccc2cc([N+](=O)[O-])ccc21.Cl.O=[N+]([O-])c1ccc2[nH]ccc2c1. The molecule has 0 spiro atoms. The predicted octanol–water partition coefficient (Wildman–Crippen LogP) is 7.35. The first-order chi connectivity index (χ1) is 23.8. The summed E-state index contributed by atoms with van der Waals surface area (Å²) in [5.74, 6) is 0. The number of nitrogens with zero attached hydrogens (tertiary/aromatic N) is 7. The predicted molar refractivity (Wildman–Crippen MR) is 213 cm³/mol. The van der Waals surface area contributed by atoms with E-state index in [0.717, 1.165) is 53.7 Å². The molecule has 6 aromatic rings. The van der Waals surface area contributed by atoms with Gasteiger partial charge in [-0.3, -0.25) is 20.2 Å². The molecule has 0 radical (unpaired) electrons. The van der Waals surface area contributed by atoms with Crippen LogP contribution < -0.4 is 5.73 Å². The topological polar surface area (TPSA) is 148 Å². The van der Waals surface area contributed by atoms with E-state index < -0.39 is 4.92 Å². The van der Waals surface area contributed by atoms with Crippen molar-refractivity contribution in [2.24, 2.45) is 0 Å². The Kier molecular flexibility index (Phi) is 17.1. The van der Waals surface area contributed by atoms with Gasteiger partial charge in [-0.2, -0.15) is 0 Å². The molecule has 3 heterocycles. The first-order valence-corrected chi connectivity index (χ1v) is 16.5. The molecule has 0 saturated carbocycles. The van der Waals surface area contributed by atoms with Crippen LogP contribution >= 0.6 is 12.4 Å². The molecule has 0 atom stereocenters. The van der Waals surface area contributed by atoms with E-state index in [2.05, 4.69) is 82.3 Å². The second-order valence-electron chi connectivity index (χ2n) is 12.8. The third kappa shape index (κ3) is 13.4. The quantitative estimate of drug-likeness (QED) is 0.0848. The summed E-state index contributed by atoms with van der Waals surface area (Å²) in [4.78, 5) is 29.7. The molecule has 3 aromatic heterocycles. The number of nitrogens with one attached hydrogen (secondary N) is 1. The van der Waals surface area contributed by atoms with Gasteiger partial charge in [-0.1, -0.05) is 6.92 Å². The summed E-state index contributed by atoms with van der Waals surface area (Å²) in [6.07, 6.45) is 7.10. The van der Waals surface area contributed by atoms with Gasteiger partial charge in [0.15, 0.2) is 0 Å². The average molecular weight is 722 g/mol. The minimum atomic E-state index is -0.396.